The number of nitrogens with two attached hydrogens (primary N) is 1. The number of aliphatic imine (C=N–C) groups is 1. The van der Waals surface area contributed by atoms with E-state index in [2.05, 4.69) is 21.8 Å². The van der Waals surface area contributed by atoms with Crippen LogP contribution in [-0.2, 0) is 11.5 Å². The molecule has 0 bridgehead atoms. The second-order valence-electron chi connectivity index (χ2n) is 7.00. The van der Waals surface area contributed by atoms with E-state index in [-0.39, 0.29) is 11.1 Å². The number of halogens is 6. The van der Waals surface area contributed by atoms with Crippen LogP contribution in [0.5, 0.6) is 0 Å². The Balaban J connectivity index is 1.99. The van der Waals surface area contributed by atoms with Gasteiger partial charge >= 0.3 is 5.92 Å². The number of hydrogen-bond acceptors (Lipinski definition) is 4. The molecule has 4 N–H and O–H groups in total. The van der Waals surface area contributed by atoms with E-state index < -0.39 is 52.6 Å². The lowest BCUT2D eigenvalue weighted by Gasteiger charge is -2.34. The highest BCUT2D eigenvalue weighted by atomic mass is 19.3. The van der Waals surface area contributed by atoms with Crippen LogP contribution in [0, 0.1) is 35.1 Å². The van der Waals surface area contributed by atoms with Crippen molar-refractivity contribution in [3.8, 4) is 11.8 Å². The van der Waals surface area contributed by atoms with Crippen LogP contribution in [0.3, 0.4) is 0 Å². The van der Waals surface area contributed by atoms with Crippen molar-refractivity contribution in [2.45, 2.75) is 11.5 Å². The second kappa shape index (κ2) is 9.94. The van der Waals surface area contributed by atoms with Gasteiger partial charge in [-0.25, -0.2) is 23.4 Å². The maximum absolute atomic E-state index is 15.5. The predicted octanol–water partition coefficient (Wildman–Crippen LogP) is 3.51. The van der Waals surface area contributed by atoms with Gasteiger partial charge in [-0.15, -0.1) is 0 Å². The van der Waals surface area contributed by atoms with Crippen molar-refractivity contribution in [1.29, 1.82) is 0 Å². The summed E-state index contributed by atoms with van der Waals surface area (Å²) in [5.74, 6) is 1.68. The fourth-order valence-corrected chi connectivity index (χ4v) is 3.01. The smallest absolute Gasteiger partial charge is 0.323 e. The molecule has 1 atom stereocenters. The molecule has 1 heterocycles. The molecule has 3 rings (SSSR count). The maximum Gasteiger partial charge on any atom is 0.323 e. The van der Waals surface area contributed by atoms with Crippen LogP contribution in [0.25, 0.3) is 0 Å². The molecule has 34 heavy (non-hydrogen) atoms. The van der Waals surface area contributed by atoms with E-state index in [0.717, 1.165) is 42.9 Å². The molecular formula is C23H16F6N4O. The Hall–Kier alpha value is -3.88. The summed E-state index contributed by atoms with van der Waals surface area (Å²) < 4.78 is 85.5. The van der Waals surface area contributed by atoms with Gasteiger partial charge in [-0.1, -0.05) is 11.8 Å². The number of aliphatic hydroxyl groups is 1. The Morgan fingerprint density at radius 2 is 1.68 bits per heavy atom. The normalized spacial score (nSPS) is 13.3. The van der Waals surface area contributed by atoms with Crippen LogP contribution in [0.4, 0.5) is 26.3 Å². The molecular weight excluding hydrogens is 462 g/mol. The van der Waals surface area contributed by atoms with E-state index in [9.17, 15) is 22.7 Å². The van der Waals surface area contributed by atoms with Gasteiger partial charge in [-0.3, -0.25) is 9.98 Å². The molecule has 0 saturated carbocycles. The first-order valence-corrected chi connectivity index (χ1v) is 9.52. The average molecular weight is 478 g/mol. The molecule has 2 aromatic carbocycles. The van der Waals surface area contributed by atoms with Crippen LogP contribution in [0.1, 0.15) is 22.4 Å². The predicted molar refractivity (Wildman–Crippen MR) is 111 cm³/mol. The average Bonchev–Trinajstić information content (AvgIpc) is 2.80. The molecule has 0 aliphatic carbocycles. The molecule has 0 aliphatic heterocycles. The summed E-state index contributed by atoms with van der Waals surface area (Å²) >= 11 is 0. The Morgan fingerprint density at radius 1 is 0.971 bits per heavy atom. The summed E-state index contributed by atoms with van der Waals surface area (Å²) in [6.07, 6.45) is 1.72. The minimum Gasteiger partial charge on any atom is -0.377 e. The summed E-state index contributed by atoms with van der Waals surface area (Å²) in [5, 5.41) is 10.9. The number of benzene rings is 2. The number of aromatic nitrogens is 1. The third-order valence-corrected chi connectivity index (χ3v) is 4.74. The third kappa shape index (κ3) is 5.03. The molecule has 0 radical (unpaired) electrons. The first-order valence-electron chi connectivity index (χ1n) is 9.52. The number of hydrogen-bond donors (Lipinski definition) is 3. The monoisotopic (exact) mass is 478 g/mol. The fraction of sp³-hybridized carbons (Fsp3) is 0.130. The maximum atomic E-state index is 15.5. The van der Waals surface area contributed by atoms with Crippen molar-refractivity contribution in [2.24, 2.45) is 10.8 Å². The van der Waals surface area contributed by atoms with Crippen LogP contribution >= 0.6 is 0 Å². The summed E-state index contributed by atoms with van der Waals surface area (Å²) in [7, 11) is 0. The standard InChI is InChI=1S/C23H16F6N4O/c24-16-5-7-19(26)15(9-16)3-1-14-2-8-21(32-11-14)23(28,29)22(34,12-31-13-33-30)18-6-4-17(25)10-20(18)27/h2,4-11,13,34H,12,30H2,(H,31,33). The minimum atomic E-state index is -4.22. The Bertz CT molecular complexity index is 1270. The molecule has 0 fully saturated rings. The van der Waals surface area contributed by atoms with Gasteiger partial charge in [0, 0.05) is 23.4 Å². The molecule has 0 spiro atoms. The number of pyridine rings is 1. The molecule has 5 nitrogen and oxygen atoms in total. The molecule has 176 valence electrons. The van der Waals surface area contributed by atoms with E-state index in [1.165, 1.54) is 0 Å². The van der Waals surface area contributed by atoms with Crippen molar-refractivity contribution in [3.05, 3.63) is 100 Å². The lowest BCUT2D eigenvalue weighted by Crippen LogP contribution is -2.47. The molecule has 11 heteroatoms. The zero-order chi connectivity index (χ0) is 24.9. The Morgan fingerprint density at radius 3 is 2.32 bits per heavy atom. The van der Waals surface area contributed by atoms with Crippen LogP contribution in [0.15, 0.2) is 59.7 Å². The first kappa shape index (κ1) is 24.8. The van der Waals surface area contributed by atoms with Crippen LogP contribution < -0.4 is 11.3 Å². The Kier molecular flexibility index (Phi) is 7.24. The largest absolute Gasteiger partial charge is 0.377 e. The van der Waals surface area contributed by atoms with Gasteiger partial charge in [0.1, 0.15) is 29.0 Å². The van der Waals surface area contributed by atoms with E-state index in [0.29, 0.717) is 18.2 Å². The fourth-order valence-electron chi connectivity index (χ4n) is 3.01. The quantitative estimate of drug-likeness (QED) is 0.127. The third-order valence-electron chi connectivity index (χ3n) is 4.74. The molecule has 0 saturated heterocycles. The van der Waals surface area contributed by atoms with Gasteiger partial charge in [-0.2, -0.15) is 8.78 Å². The lowest BCUT2D eigenvalue weighted by atomic mass is 9.84. The highest BCUT2D eigenvalue weighted by Gasteiger charge is 2.57. The topological polar surface area (TPSA) is 83.5 Å². The van der Waals surface area contributed by atoms with E-state index in [1.54, 1.807) is 0 Å². The number of nitrogens with zero attached hydrogens (tertiary/aromatic N) is 2. The van der Waals surface area contributed by atoms with E-state index in [4.69, 9.17) is 5.84 Å². The van der Waals surface area contributed by atoms with Gasteiger partial charge in [0.05, 0.1) is 18.4 Å². The highest BCUT2D eigenvalue weighted by Crippen LogP contribution is 2.45. The van der Waals surface area contributed by atoms with Gasteiger partial charge in [0.2, 0.25) is 0 Å². The number of alkyl halides is 2. The van der Waals surface area contributed by atoms with E-state index in [1.807, 2.05) is 5.43 Å². The first-order chi connectivity index (χ1) is 16.1. The summed E-state index contributed by atoms with van der Waals surface area (Å²) in [5.41, 5.74) is -3.37. The molecule has 3 aromatic rings. The molecule has 1 aromatic heterocycles. The molecule has 1 unspecified atom stereocenters. The molecule has 0 amide bonds. The zero-order valence-corrected chi connectivity index (χ0v) is 17.2. The van der Waals surface area contributed by atoms with Crippen LogP contribution in [0.2, 0.25) is 0 Å². The second-order valence-corrected chi connectivity index (χ2v) is 7.00. The number of nitrogens with one attached hydrogen (secondary N) is 1. The van der Waals surface area contributed by atoms with Crippen molar-refractivity contribution < 1.29 is 31.4 Å². The zero-order valence-electron chi connectivity index (χ0n) is 17.2. The van der Waals surface area contributed by atoms with Crippen LogP contribution in [-0.4, -0.2) is 23.0 Å². The lowest BCUT2D eigenvalue weighted by molar-refractivity contribution is -0.193. The summed E-state index contributed by atoms with van der Waals surface area (Å²) in [6, 6.07) is 6.33. The van der Waals surface area contributed by atoms with Crippen molar-refractivity contribution in [2.75, 3.05) is 6.54 Å². The van der Waals surface area contributed by atoms with Crippen molar-refractivity contribution >= 4 is 6.34 Å². The number of hydrazine groups is 1. The van der Waals surface area contributed by atoms with Gasteiger partial charge in [-0.05, 0) is 42.5 Å². The van der Waals surface area contributed by atoms with Gasteiger partial charge in [0.25, 0.3) is 0 Å². The SMILES string of the molecule is NNC=NCC(O)(c1ccc(F)cc1F)C(F)(F)c1ccc(C#Cc2cc(F)ccc2F)cn1. The van der Waals surface area contributed by atoms with Gasteiger partial charge < -0.3 is 10.5 Å². The van der Waals surface area contributed by atoms with E-state index >= 15 is 8.78 Å². The molecule has 0 aliphatic rings. The number of rotatable bonds is 6. The van der Waals surface area contributed by atoms with Crippen molar-refractivity contribution in [3.63, 3.8) is 0 Å². The summed E-state index contributed by atoms with van der Waals surface area (Å²) in [4.78, 5) is 7.12. The van der Waals surface area contributed by atoms with Gasteiger partial charge in [0.15, 0.2) is 5.60 Å². The minimum absolute atomic E-state index is 0.0741. The van der Waals surface area contributed by atoms with Crippen molar-refractivity contribution in [1.82, 2.24) is 10.4 Å². The highest BCUT2D eigenvalue weighted by molar-refractivity contribution is 5.53. The summed E-state index contributed by atoms with van der Waals surface area (Å²) in [6.45, 7) is -1.06. The Labute approximate surface area is 189 Å².